The summed E-state index contributed by atoms with van der Waals surface area (Å²) in [6, 6.07) is 8.60. The Morgan fingerprint density at radius 2 is 1.59 bits per heavy atom. The smallest absolute Gasteiger partial charge is 0.293 e. The minimum absolute atomic E-state index is 0.0653. The van der Waals surface area contributed by atoms with Crippen molar-refractivity contribution in [1.29, 1.82) is 0 Å². The quantitative estimate of drug-likeness (QED) is 0.671. The van der Waals surface area contributed by atoms with Gasteiger partial charge in [0, 0.05) is 48.7 Å². The van der Waals surface area contributed by atoms with Crippen molar-refractivity contribution in [3.8, 4) is 0 Å². The number of rotatable bonds is 2. The van der Waals surface area contributed by atoms with Crippen LogP contribution in [-0.2, 0) is 0 Å². The average Bonchev–Trinajstić information content (AvgIpc) is 3.13. The lowest BCUT2D eigenvalue weighted by Crippen LogP contribution is -2.50. The standard InChI is InChI=1S/C18H17ClN6O2/c1-12-6-7-20-18-21-15(22-25(12)18)17(27)24-10-8-23(9-11-24)16(26)13-2-4-14(19)5-3-13/h2-7H,8-11H2,1H3. The molecule has 1 aliphatic heterocycles. The number of hydrogen-bond acceptors (Lipinski definition) is 5. The maximum absolute atomic E-state index is 12.7. The van der Waals surface area contributed by atoms with Crippen LogP contribution in [0.4, 0.5) is 0 Å². The fourth-order valence-corrected chi connectivity index (χ4v) is 3.15. The number of aromatic nitrogens is 4. The predicted octanol–water partition coefficient (Wildman–Crippen LogP) is 1.68. The molecule has 0 unspecified atom stereocenters. The molecule has 9 heteroatoms. The van der Waals surface area contributed by atoms with Gasteiger partial charge >= 0.3 is 0 Å². The molecule has 1 aromatic carbocycles. The molecule has 1 fully saturated rings. The van der Waals surface area contributed by atoms with Gasteiger partial charge < -0.3 is 9.80 Å². The van der Waals surface area contributed by atoms with Crippen LogP contribution in [0.3, 0.4) is 0 Å². The monoisotopic (exact) mass is 384 g/mol. The summed E-state index contributed by atoms with van der Waals surface area (Å²) in [4.78, 5) is 37.0. The molecule has 4 rings (SSSR count). The van der Waals surface area contributed by atoms with Crippen molar-refractivity contribution in [1.82, 2.24) is 29.4 Å². The SMILES string of the molecule is Cc1ccnc2nc(C(=O)N3CCN(C(=O)c4ccc(Cl)cc4)CC3)nn12. The fraction of sp³-hybridized carbons (Fsp3) is 0.278. The zero-order valence-electron chi connectivity index (χ0n) is 14.7. The number of aryl methyl sites for hydroxylation is 1. The lowest BCUT2D eigenvalue weighted by Gasteiger charge is -2.34. The molecule has 0 saturated carbocycles. The Kier molecular flexibility index (Phi) is 4.49. The zero-order chi connectivity index (χ0) is 19.0. The van der Waals surface area contributed by atoms with Gasteiger partial charge in [0.1, 0.15) is 0 Å². The van der Waals surface area contributed by atoms with Gasteiger partial charge in [0.2, 0.25) is 5.82 Å². The molecule has 1 aliphatic rings. The minimum atomic E-state index is -0.251. The van der Waals surface area contributed by atoms with Gasteiger partial charge in [-0.05, 0) is 37.3 Å². The summed E-state index contributed by atoms with van der Waals surface area (Å²) in [6.07, 6.45) is 1.63. The Morgan fingerprint density at radius 3 is 2.22 bits per heavy atom. The normalized spacial score (nSPS) is 14.6. The van der Waals surface area contributed by atoms with Crippen molar-refractivity contribution in [2.45, 2.75) is 6.92 Å². The van der Waals surface area contributed by atoms with E-state index in [0.29, 0.717) is 42.5 Å². The van der Waals surface area contributed by atoms with E-state index in [0.717, 1.165) is 5.69 Å². The Labute approximate surface area is 160 Å². The molecule has 27 heavy (non-hydrogen) atoms. The van der Waals surface area contributed by atoms with E-state index in [2.05, 4.69) is 15.1 Å². The molecule has 3 heterocycles. The topological polar surface area (TPSA) is 83.7 Å². The molecular formula is C18H17ClN6O2. The molecule has 3 aromatic rings. The number of amides is 2. The van der Waals surface area contributed by atoms with Crippen molar-refractivity contribution in [3.05, 3.63) is 58.6 Å². The van der Waals surface area contributed by atoms with Crippen molar-refractivity contribution >= 4 is 29.2 Å². The first-order chi connectivity index (χ1) is 13.0. The summed E-state index contributed by atoms with van der Waals surface area (Å²) >= 11 is 5.87. The Morgan fingerprint density at radius 1 is 0.963 bits per heavy atom. The summed E-state index contributed by atoms with van der Waals surface area (Å²) in [6.45, 7) is 3.65. The van der Waals surface area contributed by atoms with Crippen molar-refractivity contribution in [2.24, 2.45) is 0 Å². The molecular weight excluding hydrogens is 368 g/mol. The maximum Gasteiger partial charge on any atom is 0.293 e. The second-order valence-corrected chi connectivity index (χ2v) is 6.76. The van der Waals surface area contributed by atoms with Crippen LogP contribution < -0.4 is 0 Å². The summed E-state index contributed by atoms with van der Waals surface area (Å²) < 4.78 is 1.55. The molecule has 138 valence electrons. The number of benzene rings is 1. The molecule has 0 aliphatic carbocycles. The number of halogens is 1. The van der Waals surface area contributed by atoms with E-state index in [1.165, 1.54) is 0 Å². The van der Waals surface area contributed by atoms with E-state index in [9.17, 15) is 9.59 Å². The third kappa shape index (κ3) is 3.35. The molecule has 2 amide bonds. The number of carbonyl (C=O) groups excluding carboxylic acids is 2. The molecule has 1 saturated heterocycles. The zero-order valence-corrected chi connectivity index (χ0v) is 15.4. The van der Waals surface area contributed by atoms with E-state index < -0.39 is 0 Å². The second kappa shape index (κ2) is 6.96. The molecule has 0 spiro atoms. The Balaban J connectivity index is 1.43. The molecule has 0 radical (unpaired) electrons. The van der Waals surface area contributed by atoms with Gasteiger partial charge in [-0.3, -0.25) is 9.59 Å². The van der Waals surface area contributed by atoms with Crippen LogP contribution >= 0.6 is 11.6 Å². The van der Waals surface area contributed by atoms with Gasteiger partial charge in [-0.1, -0.05) is 11.6 Å². The van der Waals surface area contributed by atoms with E-state index in [1.807, 2.05) is 6.92 Å². The molecule has 0 atom stereocenters. The van der Waals surface area contributed by atoms with Crippen molar-refractivity contribution < 1.29 is 9.59 Å². The highest BCUT2D eigenvalue weighted by Gasteiger charge is 2.27. The van der Waals surface area contributed by atoms with Crippen LogP contribution in [0.25, 0.3) is 5.78 Å². The van der Waals surface area contributed by atoms with Crippen LogP contribution in [0.15, 0.2) is 36.5 Å². The molecule has 0 bridgehead atoms. The van der Waals surface area contributed by atoms with E-state index in [-0.39, 0.29) is 17.6 Å². The van der Waals surface area contributed by atoms with Crippen LogP contribution in [-0.4, -0.2) is 67.4 Å². The fourth-order valence-electron chi connectivity index (χ4n) is 3.03. The number of nitrogens with zero attached hydrogens (tertiary/aromatic N) is 6. The molecule has 2 aromatic heterocycles. The van der Waals surface area contributed by atoms with Gasteiger partial charge in [-0.2, -0.15) is 4.98 Å². The van der Waals surface area contributed by atoms with Gasteiger partial charge in [0.25, 0.3) is 17.6 Å². The second-order valence-electron chi connectivity index (χ2n) is 6.32. The predicted molar refractivity (Wildman–Crippen MR) is 98.8 cm³/mol. The van der Waals surface area contributed by atoms with E-state index >= 15 is 0 Å². The summed E-state index contributed by atoms with van der Waals surface area (Å²) in [5, 5.41) is 4.85. The highest BCUT2D eigenvalue weighted by atomic mass is 35.5. The average molecular weight is 385 g/mol. The summed E-state index contributed by atoms with van der Waals surface area (Å²) in [5.74, 6) is 0.201. The number of piperazine rings is 1. The number of fused-ring (bicyclic) bond motifs is 1. The first-order valence-corrected chi connectivity index (χ1v) is 8.93. The molecule has 0 N–H and O–H groups in total. The van der Waals surface area contributed by atoms with E-state index in [4.69, 9.17) is 11.6 Å². The third-order valence-corrected chi connectivity index (χ3v) is 4.82. The molecule has 8 nitrogen and oxygen atoms in total. The van der Waals surface area contributed by atoms with Gasteiger partial charge in [0.15, 0.2) is 0 Å². The van der Waals surface area contributed by atoms with Gasteiger partial charge in [-0.25, -0.2) is 9.50 Å². The number of hydrogen-bond donors (Lipinski definition) is 0. The van der Waals surface area contributed by atoms with Crippen molar-refractivity contribution in [3.63, 3.8) is 0 Å². The van der Waals surface area contributed by atoms with E-state index in [1.54, 1.807) is 50.8 Å². The highest BCUT2D eigenvalue weighted by molar-refractivity contribution is 6.30. The minimum Gasteiger partial charge on any atom is -0.335 e. The van der Waals surface area contributed by atoms with Crippen LogP contribution in [0, 0.1) is 6.92 Å². The van der Waals surface area contributed by atoms with Crippen molar-refractivity contribution in [2.75, 3.05) is 26.2 Å². The lowest BCUT2D eigenvalue weighted by atomic mass is 10.2. The first kappa shape index (κ1) is 17.4. The van der Waals surface area contributed by atoms with Crippen LogP contribution in [0.2, 0.25) is 5.02 Å². The Hall–Kier alpha value is -3.00. The largest absolute Gasteiger partial charge is 0.335 e. The first-order valence-electron chi connectivity index (χ1n) is 8.55. The summed E-state index contributed by atoms with van der Waals surface area (Å²) in [5.41, 5.74) is 1.44. The van der Waals surface area contributed by atoms with Crippen LogP contribution in [0.5, 0.6) is 0 Å². The maximum atomic E-state index is 12.7. The Bertz CT molecular complexity index is 1010. The van der Waals surface area contributed by atoms with Gasteiger partial charge in [0.05, 0.1) is 0 Å². The third-order valence-electron chi connectivity index (χ3n) is 4.57. The van der Waals surface area contributed by atoms with Crippen LogP contribution in [0.1, 0.15) is 26.7 Å². The lowest BCUT2D eigenvalue weighted by molar-refractivity contribution is 0.0529. The number of carbonyl (C=O) groups is 2. The highest BCUT2D eigenvalue weighted by Crippen LogP contribution is 2.14. The summed E-state index contributed by atoms with van der Waals surface area (Å²) in [7, 11) is 0. The van der Waals surface area contributed by atoms with Gasteiger partial charge in [-0.15, -0.1) is 5.10 Å².